The van der Waals surface area contributed by atoms with Crippen LogP contribution in [0.2, 0.25) is 0 Å². The molecule has 10 heteroatoms. The van der Waals surface area contributed by atoms with Gasteiger partial charge in [-0.05, 0) is 67.8 Å². The summed E-state index contributed by atoms with van der Waals surface area (Å²) < 4.78 is 47.5. The van der Waals surface area contributed by atoms with E-state index < -0.39 is 21.8 Å². The highest BCUT2D eigenvalue weighted by atomic mass is 32.2. The molecule has 2 aromatic heterocycles. The van der Waals surface area contributed by atoms with Crippen molar-refractivity contribution in [1.29, 1.82) is 0 Å². The van der Waals surface area contributed by atoms with Crippen LogP contribution >= 0.6 is 11.3 Å². The maximum absolute atomic E-state index is 13.8. The van der Waals surface area contributed by atoms with Crippen LogP contribution in [0.15, 0.2) is 70.2 Å². The van der Waals surface area contributed by atoms with Crippen LogP contribution in [0.3, 0.4) is 0 Å². The van der Waals surface area contributed by atoms with Gasteiger partial charge in [-0.3, -0.25) is 9.69 Å². The van der Waals surface area contributed by atoms with E-state index in [0.717, 1.165) is 27.9 Å². The fraction of sp³-hybridized carbons (Fsp3) is 0.280. The van der Waals surface area contributed by atoms with E-state index in [0.29, 0.717) is 30.3 Å². The summed E-state index contributed by atoms with van der Waals surface area (Å²) in [5.74, 6) is -0.629. The molecule has 1 atom stereocenters. The van der Waals surface area contributed by atoms with Gasteiger partial charge in [-0.2, -0.15) is 4.31 Å². The molecular weight excluding hydrogens is 489 g/mol. The normalized spacial score (nSPS) is 17.0. The Kier molecular flexibility index (Phi) is 6.43. The van der Waals surface area contributed by atoms with Gasteiger partial charge in [-0.1, -0.05) is 23.5 Å². The predicted octanol–water partition coefficient (Wildman–Crippen LogP) is 4.97. The number of fused-ring (bicyclic) bond motifs is 1. The average molecular weight is 514 g/mol. The highest BCUT2D eigenvalue weighted by molar-refractivity contribution is 7.89. The molecule has 0 N–H and O–H groups in total. The van der Waals surface area contributed by atoms with Gasteiger partial charge in [-0.25, -0.2) is 17.8 Å². The standard InChI is InChI=1S/C25H24FN3O4S2/c1-17-5-2-8-22-23(17)27-25(34-22)29(16-20-7-4-14-33-20)24(30)18-6-3-13-28(15-18)35(31,32)21-11-9-19(26)10-12-21/h2,4-5,7-12,14,18H,3,6,13,15-16H2,1H3. The molecule has 4 aromatic rings. The number of benzene rings is 2. The third-order valence-electron chi connectivity index (χ3n) is 6.19. The molecule has 1 unspecified atom stereocenters. The summed E-state index contributed by atoms with van der Waals surface area (Å²) >= 11 is 1.42. The first-order chi connectivity index (χ1) is 16.8. The Hall–Kier alpha value is -3.08. The van der Waals surface area contributed by atoms with Crippen molar-refractivity contribution in [3.05, 3.63) is 78.0 Å². The average Bonchev–Trinajstić information content (AvgIpc) is 3.53. The number of piperidine rings is 1. The zero-order valence-electron chi connectivity index (χ0n) is 19.1. The largest absolute Gasteiger partial charge is 0.467 e. The lowest BCUT2D eigenvalue weighted by Crippen LogP contribution is -2.46. The third kappa shape index (κ3) is 4.73. The molecule has 1 aliphatic rings. The van der Waals surface area contributed by atoms with Crippen LogP contribution in [0.25, 0.3) is 10.2 Å². The molecule has 0 radical (unpaired) electrons. The van der Waals surface area contributed by atoms with Crippen LogP contribution in [-0.4, -0.2) is 36.7 Å². The first-order valence-corrected chi connectivity index (χ1v) is 13.5. The van der Waals surface area contributed by atoms with E-state index in [4.69, 9.17) is 9.40 Å². The van der Waals surface area contributed by atoms with Crippen LogP contribution < -0.4 is 4.90 Å². The van der Waals surface area contributed by atoms with Crippen molar-refractivity contribution in [2.24, 2.45) is 5.92 Å². The second kappa shape index (κ2) is 9.52. The lowest BCUT2D eigenvalue weighted by molar-refractivity contribution is -0.123. The van der Waals surface area contributed by atoms with Crippen LogP contribution in [0, 0.1) is 18.7 Å². The minimum Gasteiger partial charge on any atom is -0.467 e. The summed E-state index contributed by atoms with van der Waals surface area (Å²) in [5.41, 5.74) is 1.86. The van der Waals surface area contributed by atoms with E-state index in [1.807, 2.05) is 25.1 Å². The Morgan fingerprint density at radius 3 is 2.71 bits per heavy atom. The van der Waals surface area contributed by atoms with Gasteiger partial charge in [-0.15, -0.1) is 0 Å². The lowest BCUT2D eigenvalue weighted by atomic mass is 9.98. The number of sulfonamides is 1. The fourth-order valence-electron chi connectivity index (χ4n) is 4.33. The van der Waals surface area contributed by atoms with Gasteiger partial charge in [0.15, 0.2) is 5.13 Å². The lowest BCUT2D eigenvalue weighted by Gasteiger charge is -2.33. The second-order valence-corrected chi connectivity index (χ2v) is 11.5. The number of rotatable bonds is 6. The molecule has 1 saturated heterocycles. The summed E-state index contributed by atoms with van der Waals surface area (Å²) in [6, 6.07) is 14.2. The van der Waals surface area contributed by atoms with Gasteiger partial charge in [0.25, 0.3) is 0 Å². The summed E-state index contributed by atoms with van der Waals surface area (Å²) in [5, 5.41) is 0.550. The number of halogens is 1. The molecular formula is C25H24FN3O4S2. The van der Waals surface area contributed by atoms with Crippen LogP contribution in [0.5, 0.6) is 0 Å². The zero-order chi connectivity index (χ0) is 24.6. The van der Waals surface area contributed by atoms with E-state index in [9.17, 15) is 17.6 Å². The maximum Gasteiger partial charge on any atom is 0.243 e. The number of carbonyl (C=O) groups excluding carboxylic acids is 1. The molecule has 3 heterocycles. The van der Waals surface area contributed by atoms with E-state index >= 15 is 0 Å². The SMILES string of the molecule is Cc1cccc2sc(N(Cc3ccco3)C(=O)C3CCCN(S(=O)(=O)c4ccc(F)cc4)C3)nc12. The van der Waals surface area contributed by atoms with Gasteiger partial charge in [0.05, 0.1) is 33.8 Å². The number of carbonyl (C=O) groups is 1. The van der Waals surface area contributed by atoms with Crippen molar-refractivity contribution < 1.29 is 22.0 Å². The van der Waals surface area contributed by atoms with Crippen LogP contribution in [-0.2, 0) is 21.4 Å². The number of hydrogen-bond donors (Lipinski definition) is 0. The summed E-state index contributed by atoms with van der Waals surface area (Å²) in [6.07, 6.45) is 2.66. The van der Waals surface area contributed by atoms with Crippen molar-refractivity contribution in [1.82, 2.24) is 9.29 Å². The van der Waals surface area contributed by atoms with Crippen molar-refractivity contribution in [3.63, 3.8) is 0 Å². The van der Waals surface area contributed by atoms with Crippen molar-refractivity contribution in [3.8, 4) is 0 Å². The molecule has 0 saturated carbocycles. The molecule has 0 bridgehead atoms. The van der Waals surface area contributed by atoms with Crippen molar-refractivity contribution >= 4 is 42.6 Å². The molecule has 35 heavy (non-hydrogen) atoms. The van der Waals surface area contributed by atoms with E-state index in [1.54, 1.807) is 23.3 Å². The quantitative estimate of drug-likeness (QED) is 0.364. The number of furan rings is 1. The van der Waals surface area contributed by atoms with E-state index in [-0.39, 0.29) is 23.9 Å². The zero-order valence-corrected chi connectivity index (χ0v) is 20.7. The topological polar surface area (TPSA) is 83.7 Å². The van der Waals surface area contributed by atoms with Gasteiger partial charge in [0, 0.05) is 13.1 Å². The van der Waals surface area contributed by atoms with Gasteiger partial charge in [0.2, 0.25) is 15.9 Å². The third-order valence-corrected chi connectivity index (χ3v) is 9.11. The first kappa shape index (κ1) is 23.7. The number of para-hydroxylation sites is 1. The molecule has 0 aliphatic carbocycles. The van der Waals surface area contributed by atoms with Crippen LogP contribution in [0.1, 0.15) is 24.2 Å². The number of aromatic nitrogens is 1. The summed E-state index contributed by atoms with van der Waals surface area (Å²) in [4.78, 5) is 20.2. The number of aryl methyl sites for hydroxylation is 1. The Bertz CT molecular complexity index is 1450. The smallest absolute Gasteiger partial charge is 0.243 e. The molecule has 0 spiro atoms. The molecule has 1 fully saturated rings. The monoisotopic (exact) mass is 513 g/mol. The van der Waals surface area contributed by atoms with E-state index in [1.165, 1.54) is 27.8 Å². The second-order valence-electron chi connectivity index (χ2n) is 8.58. The Balaban J connectivity index is 1.44. The molecule has 1 amide bonds. The van der Waals surface area contributed by atoms with Crippen LogP contribution in [0.4, 0.5) is 9.52 Å². The minimum absolute atomic E-state index is 0.0149. The van der Waals surface area contributed by atoms with Crippen molar-refractivity contribution in [2.75, 3.05) is 18.0 Å². The highest BCUT2D eigenvalue weighted by Gasteiger charge is 2.36. The number of nitrogens with zero attached hydrogens (tertiary/aromatic N) is 3. The van der Waals surface area contributed by atoms with Gasteiger partial charge >= 0.3 is 0 Å². The molecule has 1 aliphatic heterocycles. The Labute approximate surface area is 206 Å². The first-order valence-electron chi connectivity index (χ1n) is 11.3. The Morgan fingerprint density at radius 1 is 1.20 bits per heavy atom. The Morgan fingerprint density at radius 2 is 2.00 bits per heavy atom. The minimum atomic E-state index is -3.85. The predicted molar refractivity (Wildman–Crippen MR) is 132 cm³/mol. The highest BCUT2D eigenvalue weighted by Crippen LogP contribution is 2.34. The molecule has 5 rings (SSSR count). The van der Waals surface area contributed by atoms with Gasteiger partial charge < -0.3 is 4.42 Å². The molecule has 182 valence electrons. The molecule has 2 aromatic carbocycles. The number of thiazole rings is 1. The fourth-order valence-corrected chi connectivity index (χ4v) is 6.90. The number of anilines is 1. The number of amides is 1. The summed E-state index contributed by atoms with van der Waals surface area (Å²) in [6.45, 7) is 2.54. The van der Waals surface area contributed by atoms with Crippen molar-refractivity contribution in [2.45, 2.75) is 31.2 Å². The van der Waals surface area contributed by atoms with E-state index in [2.05, 4.69) is 0 Å². The number of hydrogen-bond acceptors (Lipinski definition) is 6. The van der Waals surface area contributed by atoms with Gasteiger partial charge in [0.1, 0.15) is 11.6 Å². The summed E-state index contributed by atoms with van der Waals surface area (Å²) in [7, 11) is -3.85. The maximum atomic E-state index is 13.8. The molecule has 7 nitrogen and oxygen atoms in total.